The number of anilines is 1. The van der Waals surface area contributed by atoms with Gasteiger partial charge in [0.15, 0.2) is 11.9 Å². The third-order valence-electron chi connectivity index (χ3n) is 8.53. The van der Waals surface area contributed by atoms with Crippen LogP contribution in [0.2, 0.25) is 0 Å². The number of fused-ring (bicyclic) bond motifs is 2. The maximum absolute atomic E-state index is 14.1. The molecule has 0 aliphatic carbocycles. The van der Waals surface area contributed by atoms with Crippen LogP contribution < -0.4 is 10.1 Å². The van der Waals surface area contributed by atoms with Gasteiger partial charge in [-0.3, -0.25) is 4.79 Å². The highest BCUT2D eigenvalue weighted by Gasteiger charge is 2.41. The van der Waals surface area contributed by atoms with Crippen LogP contribution in [0.3, 0.4) is 0 Å². The number of sulfonamides is 1. The summed E-state index contributed by atoms with van der Waals surface area (Å²) in [4.78, 5) is 17.8. The molecule has 5 rings (SSSR count). The van der Waals surface area contributed by atoms with Gasteiger partial charge in [0.25, 0.3) is 6.01 Å². The number of benzene rings is 2. The molecule has 2 N–H and O–H groups in total. The van der Waals surface area contributed by atoms with Gasteiger partial charge in [0.1, 0.15) is 17.4 Å². The molecule has 47 heavy (non-hydrogen) atoms. The Bertz CT molecular complexity index is 1590. The van der Waals surface area contributed by atoms with E-state index in [0.29, 0.717) is 48.9 Å². The number of methoxy groups -OCH3 is 1. The lowest BCUT2D eigenvalue weighted by Gasteiger charge is -2.33. The van der Waals surface area contributed by atoms with E-state index in [1.54, 1.807) is 13.2 Å². The molecule has 3 aromatic rings. The van der Waals surface area contributed by atoms with Crippen molar-refractivity contribution in [3.63, 3.8) is 0 Å². The first-order valence-corrected chi connectivity index (χ1v) is 17.8. The second-order valence-corrected chi connectivity index (χ2v) is 15.1. The summed E-state index contributed by atoms with van der Waals surface area (Å²) in [5.74, 6) is -0.447. The van der Waals surface area contributed by atoms with Crippen LogP contribution in [0.15, 0.2) is 51.8 Å². The molecule has 0 spiro atoms. The fraction of sp³-hybridized carbons (Fsp3) is 0.588. The number of esters is 1. The Balaban J connectivity index is 1.36. The molecule has 12 nitrogen and oxygen atoms in total. The van der Waals surface area contributed by atoms with Crippen LogP contribution in [0.1, 0.15) is 52.5 Å². The third-order valence-corrected chi connectivity index (χ3v) is 10.4. The Morgan fingerprint density at radius 2 is 1.79 bits per heavy atom. The van der Waals surface area contributed by atoms with E-state index in [1.807, 2.05) is 52.0 Å². The first-order valence-electron chi connectivity index (χ1n) is 16.3. The van der Waals surface area contributed by atoms with Crippen molar-refractivity contribution in [2.45, 2.75) is 82.8 Å². The summed E-state index contributed by atoms with van der Waals surface area (Å²) in [6, 6.07) is 12.3. The average Bonchev–Trinajstić information content (AvgIpc) is 3.67. The van der Waals surface area contributed by atoms with Crippen molar-refractivity contribution in [2.24, 2.45) is 17.8 Å². The van der Waals surface area contributed by atoms with Crippen LogP contribution >= 0.6 is 0 Å². The minimum absolute atomic E-state index is 0.0247. The van der Waals surface area contributed by atoms with Crippen molar-refractivity contribution in [3.05, 3.63) is 48.0 Å². The zero-order valence-corrected chi connectivity index (χ0v) is 28.6. The van der Waals surface area contributed by atoms with Gasteiger partial charge >= 0.3 is 5.97 Å². The normalized spacial score (nSPS) is 21.3. The van der Waals surface area contributed by atoms with Gasteiger partial charge in [-0.25, -0.2) is 8.42 Å². The topological polar surface area (TPSA) is 150 Å². The molecule has 3 heterocycles. The van der Waals surface area contributed by atoms with Crippen LogP contribution in [0.25, 0.3) is 11.1 Å². The van der Waals surface area contributed by atoms with Crippen molar-refractivity contribution in [1.82, 2.24) is 9.29 Å². The minimum atomic E-state index is -4.07. The second kappa shape index (κ2) is 15.3. The molecule has 2 saturated heterocycles. The van der Waals surface area contributed by atoms with E-state index in [2.05, 4.69) is 10.3 Å². The Kier molecular flexibility index (Phi) is 11.4. The fourth-order valence-electron chi connectivity index (χ4n) is 6.17. The fourth-order valence-corrected chi connectivity index (χ4v) is 7.81. The van der Waals surface area contributed by atoms with Gasteiger partial charge in [-0.15, -0.1) is 0 Å². The molecule has 13 heteroatoms. The van der Waals surface area contributed by atoms with Crippen LogP contribution in [0.5, 0.6) is 5.75 Å². The number of rotatable bonds is 15. The van der Waals surface area contributed by atoms with Crippen LogP contribution in [0.4, 0.5) is 6.01 Å². The average molecular weight is 674 g/mol. The van der Waals surface area contributed by atoms with E-state index >= 15 is 0 Å². The number of oxazole rings is 1. The molecule has 0 bridgehead atoms. The summed E-state index contributed by atoms with van der Waals surface area (Å²) in [7, 11) is -2.49. The zero-order chi connectivity index (χ0) is 33.7. The first-order chi connectivity index (χ1) is 22.4. The SMILES string of the molecule is COc1ccc(C[C@H](CC(=O)O[C@H]2CCO[C@H]3OCC[C@H]32)[C@H](O)CN(CC(C)C)S(=O)(=O)c2ccc3nc(NC(C)C)oc3c2)cc1. The number of hydrogen-bond donors (Lipinski definition) is 2. The lowest BCUT2D eigenvalue weighted by Crippen LogP contribution is -2.43. The van der Waals surface area contributed by atoms with Crippen molar-refractivity contribution >= 4 is 33.1 Å². The van der Waals surface area contributed by atoms with Crippen molar-refractivity contribution in [2.75, 3.05) is 38.7 Å². The largest absolute Gasteiger partial charge is 0.497 e. The van der Waals surface area contributed by atoms with Crippen LogP contribution in [0, 0.1) is 17.8 Å². The summed E-state index contributed by atoms with van der Waals surface area (Å²) in [5, 5.41) is 14.8. The Morgan fingerprint density at radius 1 is 1.06 bits per heavy atom. The summed E-state index contributed by atoms with van der Waals surface area (Å²) in [6.07, 6.45) is -0.312. The van der Waals surface area contributed by atoms with E-state index < -0.39 is 28.0 Å². The summed E-state index contributed by atoms with van der Waals surface area (Å²) in [5.41, 5.74) is 1.74. The van der Waals surface area contributed by atoms with E-state index in [4.69, 9.17) is 23.4 Å². The second-order valence-electron chi connectivity index (χ2n) is 13.1. The van der Waals surface area contributed by atoms with Crippen molar-refractivity contribution in [3.8, 4) is 5.75 Å². The minimum Gasteiger partial charge on any atom is -0.497 e. The molecule has 5 atom stereocenters. The van der Waals surface area contributed by atoms with E-state index in [1.165, 1.54) is 16.4 Å². The maximum Gasteiger partial charge on any atom is 0.306 e. The quantitative estimate of drug-likeness (QED) is 0.218. The van der Waals surface area contributed by atoms with Gasteiger partial charge in [-0.1, -0.05) is 26.0 Å². The summed E-state index contributed by atoms with van der Waals surface area (Å²) in [6.45, 7) is 8.68. The highest BCUT2D eigenvalue weighted by Crippen LogP contribution is 2.33. The molecule has 2 aliphatic rings. The highest BCUT2D eigenvalue weighted by molar-refractivity contribution is 7.89. The molecule has 0 radical (unpaired) electrons. The number of aromatic nitrogens is 1. The lowest BCUT2D eigenvalue weighted by molar-refractivity contribution is -0.195. The molecule has 258 valence electrons. The predicted octanol–water partition coefficient (Wildman–Crippen LogP) is 4.61. The third kappa shape index (κ3) is 8.82. The Labute approximate surface area is 276 Å². The molecule has 2 fully saturated rings. The smallest absolute Gasteiger partial charge is 0.306 e. The number of nitrogens with one attached hydrogen (secondary N) is 1. The maximum atomic E-state index is 14.1. The number of hydrogen-bond acceptors (Lipinski definition) is 11. The summed E-state index contributed by atoms with van der Waals surface area (Å²) >= 11 is 0. The molecular weight excluding hydrogens is 626 g/mol. The Hall–Kier alpha value is -3.23. The molecule has 0 unspecified atom stereocenters. The number of carbonyl (C=O) groups is 1. The first kappa shape index (κ1) is 35.1. The monoisotopic (exact) mass is 673 g/mol. The van der Waals surface area contributed by atoms with Gasteiger partial charge in [-0.05, 0) is 62.4 Å². The summed E-state index contributed by atoms with van der Waals surface area (Å²) < 4.78 is 57.8. The van der Waals surface area contributed by atoms with E-state index in [9.17, 15) is 18.3 Å². The lowest BCUT2D eigenvalue weighted by atomic mass is 9.90. The van der Waals surface area contributed by atoms with Gasteiger partial charge in [-0.2, -0.15) is 9.29 Å². The number of ether oxygens (including phenoxy) is 4. The van der Waals surface area contributed by atoms with Gasteiger partial charge < -0.3 is 33.8 Å². The molecule has 2 aromatic carbocycles. The number of aliphatic hydroxyl groups is 1. The predicted molar refractivity (Wildman–Crippen MR) is 175 cm³/mol. The van der Waals surface area contributed by atoms with E-state index in [-0.39, 0.29) is 54.7 Å². The standard InChI is InChI=1S/C34H47N3O9S/c1-21(2)19-37(47(40,41)26-10-11-28-31(18-26)46-34(36-28)35-22(3)4)20-29(38)24(16-23-6-8-25(42-5)9-7-23)17-32(39)45-30-13-15-44-33-27(30)12-14-43-33/h6-11,18,21-22,24,27,29-30,33,38H,12-17,19-20H2,1-5H3,(H,35,36)/t24-,27+,29-,30+,33-/m1/s1. The molecule has 0 saturated carbocycles. The van der Waals surface area contributed by atoms with Gasteiger partial charge in [0, 0.05) is 43.5 Å². The van der Waals surface area contributed by atoms with Crippen molar-refractivity contribution < 1.29 is 41.7 Å². The van der Waals surface area contributed by atoms with Crippen LogP contribution in [-0.2, 0) is 35.4 Å². The number of nitrogens with zero attached hydrogens (tertiary/aromatic N) is 2. The molecule has 0 amide bonds. The Morgan fingerprint density at radius 3 is 2.47 bits per heavy atom. The number of carbonyl (C=O) groups excluding carboxylic acids is 1. The zero-order valence-electron chi connectivity index (χ0n) is 27.8. The van der Waals surface area contributed by atoms with Crippen LogP contribution in [-0.4, -0.2) is 86.7 Å². The van der Waals surface area contributed by atoms with Gasteiger partial charge in [0.05, 0.1) is 37.7 Å². The molecule has 1 aromatic heterocycles. The van der Waals surface area contributed by atoms with Gasteiger partial charge in [0.2, 0.25) is 10.0 Å². The number of aliphatic hydroxyl groups excluding tert-OH is 1. The molecule has 2 aliphatic heterocycles. The highest BCUT2D eigenvalue weighted by atomic mass is 32.2. The van der Waals surface area contributed by atoms with Crippen molar-refractivity contribution in [1.29, 1.82) is 0 Å². The van der Waals surface area contributed by atoms with E-state index in [0.717, 1.165) is 12.0 Å². The molecular formula is C34H47N3O9S.